The summed E-state index contributed by atoms with van der Waals surface area (Å²) < 4.78 is 28.5. The molecule has 1 fully saturated rings. The lowest BCUT2D eigenvalue weighted by molar-refractivity contribution is -0.145. The molecule has 0 aliphatic carbocycles. The number of hydrogen-bond acceptors (Lipinski definition) is 13. The number of anilines is 1. The number of amides is 1. The van der Waals surface area contributed by atoms with E-state index in [-0.39, 0.29) is 48.3 Å². The van der Waals surface area contributed by atoms with Gasteiger partial charge in [-0.15, -0.1) is 0 Å². The van der Waals surface area contributed by atoms with Crippen molar-refractivity contribution in [3.8, 4) is 23.0 Å². The van der Waals surface area contributed by atoms with Crippen LogP contribution in [-0.2, 0) is 14.3 Å². The number of nitrogens with zero attached hydrogens (tertiary/aromatic N) is 2. The summed E-state index contributed by atoms with van der Waals surface area (Å²) in [6, 6.07) is 11.0. The molecule has 2 aromatic carbocycles. The molecule has 3 N–H and O–H groups in total. The molecule has 13 nitrogen and oxygen atoms in total. The summed E-state index contributed by atoms with van der Waals surface area (Å²) in [6.07, 6.45) is 4.91. The van der Waals surface area contributed by atoms with Crippen LogP contribution >= 0.6 is 21.6 Å². The highest BCUT2D eigenvalue weighted by molar-refractivity contribution is 8.76. The number of ether oxygens (including phenoxy) is 5. The third kappa shape index (κ3) is 9.96. The van der Waals surface area contributed by atoms with Gasteiger partial charge in [0.05, 0.1) is 50.6 Å². The first-order chi connectivity index (χ1) is 25.6. The molecule has 0 spiro atoms. The number of carboxylic acid groups (broad SMARTS) is 1. The standard InChI is InChI=1S/C38H43N3O10S2/c1-23-16-29-36(43)27(22-51-35(42)11-9-15-52-53-34-10-5-6-12-40-34)24-17-32(30(47-2)18-25(24)37(44)41(29)21-23)49-13-7-4-8-14-50-33-20-28(39)26(38(45)46)19-31(33)48-3/h5-6,10,12,17-20,27,29H,1,4,7-9,11,13-16,21-22,39H2,2-3H3,(H,45,46)/t27?,29-/m0/s1. The minimum atomic E-state index is -1.16. The number of Topliss-reactive ketones (excluding diaryl/α,β-unsaturated/α-hetero) is 1. The lowest BCUT2D eigenvalue weighted by atomic mass is 9.88. The summed E-state index contributed by atoms with van der Waals surface area (Å²) in [4.78, 5) is 57.8. The van der Waals surface area contributed by atoms with Crippen LogP contribution in [0.25, 0.3) is 0 Å². The number of carbonyl (C=O) groups excluding carboxylic acids is 3. The third-order valence-electron chi connectivity index (χ3n) is 8.80. The Labute approximate surface area is 315 Å². The Hall–Kier alpha value is -4.89. The van der Waals surface area contributed by atoms with E-state index in [2.05, 4.69) is 11.6 Å². The smallest absolute Gasteiger partial charge is 0.337 e. The van der Waals surface area contributed by atoms with Gasteiger partial charge in [-0.05, 0) is 72.7 Å². The zero-order valence-corrected chi connectivity index (χ0v) is 31.3. The number of nitrogens with two attached hydrogens (primary N) is 1. The van der Waals surface area contributed by atoms with Crippen LogP contribution in [0, 0.1) is 0 Å². The second-order valence-electron chi connectivity index (χ2n) is 12.5. The van der Waals surface area contributed by atoms with Crippen molar-refractivity contribution in [2.75, 3.05) is 52.1 Å². The van der Waals surface area contributed by atoms with Crippen LogP contribution in [0.3, 0.4) is 0 Å². The number of aromatic carboxylic acids is 1. The molecule has 53 heavy (non-hydrogen) atoms. The van der Waals surface area contributed by atoms with Crippen molar-refractivity contribution >= 4 is 50.9 Å². The first kappa shape index (κ1) is 39.3. The zero-order valence-electron chi connectivity index (χ0n) is 29.7. The summed E-state index contributed by atoms with van der Waals surface area (Å²) in [6.45, 7) is 4.74. The van der Waals surface area contributed by atoms with Gasteiger partial charge in [0.15, 0.2) is 28.8 Å². The number of hydrogen-bond donors (Lipinski definition) is 2. The fourth-order valence-electron chi connectivity index (χ4n) is 6.10. The second kappa shape index (κ2) is 18.7. The molecule has 1 amide bonds. The van der Waals surface area contributed by atoms with Crippen LogP contribution < -0.4 is 24.7 Å². The largest absolute Gasteiger partial charge is 0.493 e. The lowest BCUT2D eigenvalue weighted by Gasteiger charge is -2.22. The van der Waals surface area contributed by atoms with Crippen LogP contribution in [0.15, 0.2) is 65.8 Å². The molecule has 0 radical (unpaired) electrons. The molecule has 2 aliphatic rings. The van der Waals surface area contributed by atoms with E-state index in [0.717, 1.165) is 22.8 Å². The minimum Gasteiger partial charge on any atom is -0.493 e. The molecule has 1 aromatic heterocycles. The number of nitrogen functional groups attached to an aromatic ring is 1. The fraction of sp³-hybridized carbons (Fsp3) is 0.395. The van der Waals surface area contributed by atoms with Gasteiger partial charge in [-0.25, -0.2) is 9.78 Å². The van der Waals surface area contributed by atoms with E-state index in [1.54, 1.807) is 39.9 Å². The maximum Gasteiger partial charge on any atom is 0.337 e. The van der Waals surface area contributed by atoms with Gasteiger partial charge >= 0.3 is 11.9 Å². The number of methoxy groups -OCH3 is 2. The summed E-state index contributed by atoms with van der Waals surface area (Å²) in [5.74, 6) is -0.922. The average molecular weight is 766 g/mol. The normalized spacial score (nSPS) is 16.4. The average Bonchev–Trinajstić information content (AvgIpc) is 3.52. The molecule has 2 aliphatic heterocycles. The van der Waals surface area contributed by atoms with Gasteiger partial charge in [-0.3, -0.25) is 14.4 Å². The van der Waals surface area contributed by atoms with Crippen molar-refractivity contribution in [1.82, 2.24) is 9.88 Å². The van der Waals surface area contributed by atoms with Crippen molar-refractivity contribution in [2.24, 2.45) is 0 Å². The number of carbonyl (C=O) groups is 4. The Morgan fingerprint density at radius 3 is 2.38 bits per heavy atom. The predicted molar refractivity (Wildman–Crippen MR) is 201 cm³/mol. The summed E-state index contributed by atoms with van der Waals surface area (Å²) >= 11 is 0. The van der Waals surface area contributed by atoms with E-state index in [0.29, 0.717) is 67.3 Å². The molecule has 2 atom stereocenters. The molecule has 282 valence electrons. The van der Waals surface area contributed by atoms with E-state index < -0.39 is 23.9 Å². The molecule has 3 aromatic rings. The Morgan fingerprint density at radius 2 is 1.70 bits per heavy atom. The summed E-state index contributed by atoms with van der Waals surface area (Å²) in [7, 11) is 6.05. The molecule has 15 heteroatoms. The quantitative estimate of drug-likeness (QED) is 0.0463. The second-order valence-corrected chi connectivity index (χ2v) is 14.9. The number of aromatic nitrogens is 1. The number of carboxylic acids is 1. The van der Waals surface area contributed by atoms with Crippen molar-refractivity contribution in [2.45, 2.75) is 55.5 Å². The van der Waals surface area contributed by atoms with Crippen molar-refractivity contribution < 1.29 is 48.0 Å². The number of fused-ring (bicyclic) bond motifs is 2. The topological polar surface area (TPSA) is 177 Å². The summed E-state index contributed by atoms with van der Waals surface area (Å²) in [5, 5.41) is 10.2. The van der Waals surface area contributed by atoms with E-state index >= 15 is 0 Å². The molecule has 0 saturated carbocycles. The molecule has 1 saturated heterocycles. The first-order valence-corrected chi connectivity index (χ1v) is 19.5. The van der Waals surface area contributed by atoms with Gasteiger partial charge in [-0.1, -0.05) is 29.0 Å². The molecule has 1 unspecified atom stereocenters. The predicted octanol–water partition coefficient (Wildman–Crippen LogP) is 6.21. The van der Waals surface area contributed by atoms with E-state index in [9.17, 15) is 24.3 Å². The van der Waals surface area contributed by atoms with Gasteiger partial charge < -0.3 is 39.4 Å². The van der Waals surface area contributed by atoms with Gasteiger partial charge in [0.2, 0.25) is 0 Å². The highest BCUT2D eigenvalue weighted by atomic mass is 33.1. The SMILES string of the molecule is C=C1C[C@H]2C(=O)C(COC(=O)CCCSSc3ccccn3)c3cc(OCCCCCOc4cc(N)c(C(=O)O)cc4OC)c(OC)cc3C(=O)N2C1. The van der Waals surface area contributed by atoms with E-state index in [1.807, 2.05) is 18.2 Å². The number of ketones is 1. The third-order valence-corrected chi connectivity index (χ3v) is 11.1. The van der Waals surface area contributed by atoms with Crippen molar-refractivity contribution in [1.29, 1.82) is 0 Å². The van der Waals surface area contributed by atoms with Crippen LogP contribution in [0.4, 0.5) is 5.69 Å². The number of esters is 1. The Kier molecular flexibility index (Phi) is 13.9. The number of benzene rings is 2. The summed E-state index contributed by atoms with van der Waals surface area (Å²) in [5.41, 5.74) is 7.39. The molecule has 3 heterocycles. The lowest BCUT2D eigenvalue weighted by Crippen LogP contribution is -2.40. The highest BCUT2D eigenvalue weighted by Gasteiger charge is 2.45. The maximum atomic E-state index is 14.0. The molecular weight excluding hydrogens is 723 g/mol. The minimum absolute atomic E-state index is 0.0653. The van der Waals surface area contributed by atoms with Crippen LogP contribution in [0.2, 0.25) is 0 Å². The monoisotopic (exact) mass is 765 g/mol. The molecule has 5 rings (SSSR count). The van der Waals surface area contributed by atoms with Gasteiger partial charge in [-0.2, -0.15) is 0 Å². The van der Waals surface area contributed by atoms with Crippen LogP contribution in [-0.4, -0.2) is 91.0 Å². The Bertz CT molecular complexity index is 1820. The number of pyridine rings is 1. The van der Waals surface area contributed by atoms with Gasteiger partial charge in [0, 0.05) is 42.6 Å². The first-order valence-electron chi connectivity index (χ1n) is 17.2. The van der Waals surface area contributed by atoms with Crippen molar-refractivity contribution in [3.63, 3.8) is 0 Å². The molecule has 0 bridgehead atoms. The van der Waals surface area contributed by atoms with Crippen LogP contribution in [0.1, 0.15) is 70.7 Å². The Balaban J connectivity index is 1.19. The number of rotatable bonds is 19. The van der Waals surface area contributed by atoms with Gasteiger partial charge in [0.25, 0.3) is 5.91 Å². The van der Waals surface area contributed by atoms with Crippen molar-refractivity contribution in [3.05, 3.63) is 77.5 Å². The van der Waals surface area contributed by atoms with E-state index in [4.69, 9.17) is 29.4 Å². The maximum absolute atomic E-state index is 14.0. The molecular formula is C38H43N3O10S2. The zero-order chi connectivity index (χ0) is 37.9. The fourth-order valence-corrected chi connectivity index (χ4v) is 8.07. The Morgan fingerprint density at radius 1 is 0.981 bits per heavy atom. The van der Waals surface area contributed by atoms with Crippen LogP contribution in [0.5, 0.6) is 23.0 Å². The van der Waals surface area contributed by atoms with Gasteiger partial charge in [0.1, 0.15) is 11.6 Å². The highest BCUT2D eigenvalue weighted by Crippen LogP contribution is 2.41. The number of unbranched alkanes of at least 4 members (excludes halogenated alkanes) is 2. The van der Waals surface area contributed by atoms with E-state index in [1.165, 1.54) is 31.3 Å².